The Kier molecular flexibility index (Phi) is 6.61. The van der Waals surface area contributed by atoms with E-state index in [0.717, 1.165) is 44.7 Å². The van der Waals surface area contributed by atoms with Gasteiger partial charge in [0.15, 0.2) is 6.61 Å². The Morgan fingerprint density at radius 1 is 0.914 bits per heavy atom. The summed E-state index contributed by atoms with van der Waals surface area (Å²) in [6, 6.07) is 20.5. The monoisotopic (exact) mass is 488 g/mol. The molecule has 0 aromatic heterocycles. The minimum Gasteiger partial charge on any atom is -0.484 e. The number of carbonyl (C=O) groups excluding carboxylic acids is 1. The van der Waals surface area contributed by atoms with Gasteiger partial charge in [0.25, 0.3) is 5.91 Å². The fourth-order valence-corrected chi connectivity index (χ4v) is 5.87. The van der Waals surface area contributed by atoms with Crippen molar-refractivity contribution >= 4 is 23.2 Å². The number of anilines is 1. The van der Waals surface area contributed by atoms with E-state index in [4.69, 9.17) is 16.3 Å². The van der Waals surface area contributed by atoms with Gasteiger partial charge in [-0.3, -0.25) is 9.69 Å². The summed E-state index contributed by atoms with van der Waals surface area (Å²) >= 11 is 5.96. The number of fused-ring (bicyclic) bond motifs is 2. The van der Waals surface area contributed by atoms with Crippen molar-refractivity contribution in [3.63, 3.8) is 0 Å². The van der Waals surface area contributed by atoms with Crippen molar-refractivity contribution in [2.75, 3.05) is 31.1 Å². The number of rotatable bonds is 5. The molecule has 2 aliphatic heterocycles. The summed E-state index contributed by atoms with van der Waals surface area (Å²) in [5.74, 6) is 0.653. The number of nitrogens with zero attached hydrogens (tertiary/aromatic N) is 2. The molecule has 3 aromatic carbocycles. The molecule has 2 heterocycles. The number of hydrogen-bond acceptors (Lipinski definition) is 3. The van der Waals surface area contributed by atoms with Gasteiger partial charge in [-0.05, 0) is 88.2 Å². The molecule has 1 saturated heterocycles. The van der Waals surface area contributed by atoms with Gasteiger partial charge in [0, 0.05) is 29.2 Å². The standard InChI is InChI=1S/C30H33ClN2O2/c1-21-4-9-28-27(17-21)30(20-33(28)29(34)19-35-26-7-5-25(31)6-8-26)10-12-32(13-11-30)18-24-15-22(2)14-23(3)16-24/h4-9,14-17H,10-13,18-20H2,1-3H3. The number of carbonyl (C=O) groups is 1. The van der Waals surface area contributed by atoms with E-state index < -0.39 is 0 Å². The average Bonchev–Trinajstić information content (AvgIpc) is 3.13. The maximum atomic E-state index is 13.3. The van der Waals surface area contributed by atoms with Crippen LogP contribution in [0.25, 0.3) is 0 Å². The van der Waals surface area contributed by atoms with Crippen LogP contribution in [-0.2, 0) is 16.8 Å². The van der Waals surface area contributed by atoms with Gasteiger partial charge >= 0.3 is 0 Å². The minimum absolute atomic E-state index is 0.000376. The van der Waals surface area contributed by atoms with Gasteiger partial charge in [-0.1, -0.05) is 58.6 Å². The van der Waals surface area contributed by atoms with Gasteiger partial charge in [0.2, 0.25) is 0 Å². The summed E-state index contributed by atoms with van der Waals surface area (Å²) < 4.78 is 5.79. The zero-order valence-corrected chi connectivity index (χ0v) is 21.6. The normalized spacial score (nSPS) is 17.0. The quantitative estimate of drug-likeness (QED) is 0.427. The molecule has 1 fully saturated rings. The smallest absolute Gasteiger partial charge is 0.264 e. The van der Waals surface area contributed by atoms with Crippen LogP contribution in [0, 0.1) is 20.8 Å². The number of likely N-dealkylation sites (tertiary alicyclic amines) is 1. The highest BCUT2D eigenvalue weighted by molar-refractivity contribution is 6.30. The van der Waals surface area contributed by atoms with Crippen LogP contribution in [0.2, 0.25) is 5.02 Å². The molecule has 0 aliphatic carbocycles. The molecule has 0 atom stereocenters. The second-order valence-electron chi connectivity index (χ2n) is 10.3. The summed E-state index contributed by atoms with van der Waals surface area (Å²) in [6.45, 7) is 10.3. The van der Waals surface area contributed by atoms with E-state index in [-0.39, 0.29) is 17.9 Å². The predicted octanol–water partition coefficient (Wildman–Crippen LogP) is 6.22. The van der Waals surface area contributed by atoms with Crippen LogP contribution in [-0.4, -0.2) is 37.0 Å². The highest BCUT2D eigenvalue weighted by atomic mass is 35.5. The molecule has 0 bridgehead atoms. The molecule has 1 spiro atoms. The van der Waals surface area contributed by atoms with Crippen molar-refractivity contribution in [3.05, 3.63) is 93.5 Å². The van der Waals surface area contributed by atoms with Gasteiger partial charge in [0.1, 0.15) is 5.75 Å². The number of aryl methyl sites for hydroxylation is 3. The van der Waals surface area contributed by atoms with Gasteiger partial charge in [-0.2, -0.15) is 0 Å². The van der Waals surface area contributed by atoms with Crippen LogP contribution >= 0.6 is 11.6 Å². The third-order valence-electron chi connectivity index (χ3n) is 7.45. The van der Waals surface area contributed by atoms with Gasteiger partial charge < -0.3 is 9.64 Å². The first-order valence-corrected chi connectivity index (χ1v) is 12.8. The first kappa shape index (κ1) is 23.9. The summed E-state index contributed by atoms with van der Waals surface area (Å²) in [6.07, 6.45) is 2.10. The second-order valence-corrected chi connectivity index (χ2v) is 10.7. The van der Waals surface area contributed by atoms with E-state index in [1.807, 2.05) is 4.90 Å². The molecule has 0 N–H and O–H groups in total. The Bertz CT molecular complexity index is 1210. The van der Waals surface area contributed by atoms with E-state index in [2.05, 4.69) is 62.1 Å². The van der Waals surface area contributed by atoms with Gasteiger partial charge in [-0.15, -0.1) is 0 Å². The minimum atomic E-state index is -0.000376. The lowest BCUT2D eigenvalue weighted by atomic mass is 9.74. The molecule has 0 saturated carbocycles. The number of ether oxygens (including phenoxy) is 1. The van der Waals surface area contributed by atoms with Crippen molar-refractivity contribution in [1.29, 1.82) is 0 Å². The van der Waals surface area contributed by atoms with Crippen LogP contribution in [0.5, 0.6) is 5.75 Å². The second kappa shape index (κ2) is 9.67. The topological polar surface area (TPSA) is 32.8 Å². The van der Waals surface area contributed by atoms with Crippen molar-refractivity contribution < 1.29 is 9.53 Å². The van der Waals surface area contributed by atoms with E-state index in [1.165, 1.54) is 27.8 Å². The number of amides is 1. The lowest BCUT2D eigenvalue weighted by molar-refractivity contribution is -0.120. The van der Waals surface area contributed by atoms with Crippen molar-refractivity contribution in [3.8, 4) is 5.75 Å². The summed E-state index contributed by atoms with van der Waals surface area (Å²) in [5, 5.41) is 0.651. The highest BCUT2D eigenvalue weighted by Gasteiger charge is 2.46. The molecule has 4 nitrogen and oxygen atoms in total. The summed E-state index contributed by atoms with van der Waals surface area (Å²) in [7, 11) is 0. The molecule has 0 radical (unpaired) electrons. The van der Waals surface area contributed by atoms with Crippen LogP contribution in [0.4, 0.5) is 5.69 Å². The van der Waals surface area contributed by atoms with Crippen molar-refractivity contribution in [2.45, 2.75) is 45.6 Å². The Balaban J connectivity index is 1.29. The number of piperidine rings is 1. The molecule has 35 heavy (non-hydrogen) atoms. The first-order chi connectivity index (χ1) is 16.8. The Labute approximate surface area is 213 Å². The first-order valence-electron chi connectivity index (χ1n) is 12.4. The van der Waals surface area contributed by atoms with Crippen LogP contribution in [0.1, 0.15) is 40.7 Å². The lowest BCUT2D eigenvalue weighted by Gasteiger charge is -2.40. The maximum Gasteiger partial charge on any atom is 0.264 e. The van der Waals surface area contributed by atoms with E-state index >= 15 is 0 Å². The predicted molar refractivity (Wildman–Crippen MR) is 143 cm³/mol. The Hall–Kier alpha value is -2.82. The zero-order valence-electron chi connectivity index (χ0n) is 20.8. The number of halogens is 1. The van der Waals surface area contributed by atoms with E-state index in [9.17, 15) is 4.79 Å². The largest absolute Gasteiger partial charge is 0.484 e. The molecule has 0 unspecified atom stereocenters. The van der Waals surface area contributed by atoms with Crippen LogP contribution in [0.15, 0.2) is 60.7 Å². The SMILES string of the molecule is Cc1cc(C)cc(CN2CCC3(CC2)CN(C(=O)COc2ccc(Cl)cc2)c2ccc(C)cc23)c1. The molecule has 182 valence electrons. The van der Waals surface area contributed by atoms with Crippen molar-refractivity contribution in [1.82, 2.24) is 4.90 Å². The molecule has 1 amide bonds. The zero-order chi connectivity index (χ0) is 24.6. The highest BCUT2D eigenvalue weighted by Crippen LogP contribution is 2.47. The fourth-order valence-electron chi connectivity index (χ4n) is 5.74. The number of hydrogen-bond donors (Lipinski definition) is 0. The molecule has 2 aliphatic rings. The molecule has 5 heteroatoms. The van der Waals surface area contributed by atoms with Crippen molar-refractivity contribution in [2.24, 2.45) is 0 Å². The van der Waals surface area contributed by atoms with Crippen LogP contribution in [0.3, 0.4) is 0 Å². The third kappa shape index (κ3) is 5.10. The Morgan fingerprint density at radius 3 is 2.29 bits per heavy atom. The average molecular weight is 489 g/mol. The molecular weight excluding hydrogens is 456 g/mol. The van der Waals surface area contributed by atoms with Crippen LogP contribution < -0.4 is 9.64 Å². The van der Waals surface area contributed by atoms with Gasteiger partial charge in [-0.25, -0.2) is 0 Å². The van der Waals surface area contributed by atoms with E-state index in [1.54, 1.807) is 24.3 Å². The van der Waals surface area contributed by atoms with Gasteiger partial charge in [0.05, 0.1) is 0 Å². The summed E-state index contributed by atoms with van der Waals surface area (Å²) in [5.41, 5.74) is 7.65. The Morgan fingerprint density at radius 2 is 1.60 bits per heavy atom. The maximum absolute atomic E-state index is 13.3. The van der Waals surface area contributed by atoms with E-state index in [0.29, 0.717) is 10.8 Å². The molecule has 5 rings (SSSR count). The fraction of sp³-hybridized carbons (Fsp3) is 0.367. The lowest BCUT2D eigenvalue weighted by Crippen LogP contribution is -2.46. The summed E-state index contributed by atoms with van der Waals surface area (Å²) in [4.78, 5) is 17.8. The number of benzene rings is 3. The third-order valence-corrected chi connectivity index (χ3v) is 7.70. The molecule has 3 aromatic rings. The molecular formula is C30H33ClN2O2.